The van der Waals surface area contributed by atoms with Gasteiger partial charge >= 0.3 is 0 Å². The first-order valence-electron chi connectivity index (χ1n) is 13.6. The number of anilines is 2. The Hall–Kier alpha value is -4.59. The van der Waals surface area contributed by atoms with Crippen molar-refractivity contribution in [1.29, 1.82) is 0 Å². The highest BCUT2D eigenvalue weighted by molar-refractivity contribution is 6.04. The molecule has 1 aliphatic heterocycles. The zero-order valence-corrected chi connectivity index (χ0v) is 22.2. The van der Waals surface area contributed by atoms with Crippen molar-refractivity contribution in [3.8, 4) is 17.2 Å². The molecule has 1 amide bonds. The molecule has 6 rings (SSSR count). The van der Waals surface area contributed by atoms with E-state index >= 15 is 0 Å². The minimum atomic E-state index is -0.179. The number of aliphatic hydroxyl groups is 1. The van der Waals surface area contributed by atoms with Crippen LogP contribution >= 0.6 is 0 Å². The molecule has 1 saturated heterocycles. The lowest BCUT2D eigenvalue weighted by Crippen LogP contribution is -2.35. The van der Waals surface area contributed by atoms with Crippen LogP contribution < -0.4 is 15.8 Å². The van der Waals surface area contributed by atoms with Gasteiger partial charge in [0, 0.05) is 53.8 Å². The van der Waals surface area contributed by atoms with Gasteiger partial charge in [0.25, 0.3) is 5.91 Å². The number of nitrogen functional groups attached to an aromatic ring is 1. The molecule has 1 aliphatic rings. The Labute approximate surface area is 233 Å². The molecule has 2 heterocycles. The second-order valence-corrected chi connectivity index (χ2v) is 10.2. The second-order valence-electron chi connectivity index (χ2n) is 10.2. The number of likely N-dealkylation sites (tertiary alicyclic amines) is 1. The molecule has 0 saturated carbocycles. The van der Waals surface area contributed by atoms with Crippen LogP contribution in [0, 0.1) is 0 Å². The molecule has 0 radical (unpaired) electrons. The lowest BCUT2D eigenvalue weighted by Gasteiger charge is -2.29. The monoisotopic (exact) mass is 532 g/mol. The third-order valence-electron chi connectivity index (χ3n) is 7.38. The number of hydrogen-bond acceptors (Lipinski definition) is 5. The number of aromatic nitrogens is 1. The summed E-state index contributed by atoms with van der Waals surface area (Å²) in [4.78, 5) is 15.4. The van der Waals surface area contributed by atoms with Gasteiger partial charge in [0.1, 0.15) is 11.5 Å². The molecule has 0 aliphatic carbocycles. The topological polar surface area (TPSA) is 92.8 Å². The molecule has 7 heteroatoms. The summed E-state index contributed by atoms with van der Waals surface area (Å²) < 4.78 is 8.01. The number of para-hydroxylation sites is 1. The van der Waals surface area contributed by atoms with Crippen LogP contribution in [0.2, 0.25) is 0 Å². The number of amides is 1. The Morgan fingerprint density at radius 1 is 0.875 bits per heavy atom. The first-order chi connectivity index (χ1) is 19.5. The van der Waals surface area contributed by atoms with Crippen LogP contribution in [-0.2, 0) is 6.54 Å². The van der Waals surface area contributed by atoms with Crippen LogP contribution in [0.4, 0.5) is 11.4 Å². The summed E-state index contributed by atoms with van der Waals surface area (Å²) in [5.74, 6) is 1.19. The molecule has 5 aromatic rings. The summed E-state index contributed by atoms with van der Waals surface area (Å²) in [6.07, 6.45) is 3.66. The summed E-state index contributed by atoms with van der Waals surface area (Å²) in [6, 6.07) is 30.5. The van der Waals surface area contributed by atoms with Gasteiger partial charge in [-0.25, -0.2) is 0 Å². The van der Waals surface area contributed by atoms with Crippen molar-refractivity contribution in [2.24, 2.45) is 0 Å². The molecule has 0 spiro atoms. The summed E-state index contributed by atoms with van der Waals surface area (Å²) in [6.45, 7) is 2.66. The van der Waals surface area contributed by atoms with Gasteiger partial charge in [0.15, 0.2) is 0 Å². The number of ether oxygens (including phenoxy) is 1. The first kappa shape index (κ1) is 25.7. The van der Waals surface area contributed by atoms with E-state index in [0.29, 0.717) is 28.4 Å². The van der Waals surface area contributed by atoms with E-state index in [0.717, 1.165) is 43.7 Å². The molecular formula is C33H32N4O3. The van der Waals surface area contributed by atoms with Gasteiger partial charge in [-0.2, -0.15) is 0 Å². The van der Waals surface area contributed by atoms with E-state index < -0.39 is 0 Å². The number of rotatable bonds is 7. The Balaban J connectivity index is 1.14. The van der Waals surface area contributed by atoms with Crippen molar-refractivity contribution in [3.63, 3.8) is 0 Å². The lowest BCUT2D eigenvalue weighted by atomic mass is 10.1. The molecule has 0 unspecified atom stereocenters. The van der Waals surface area contributed by atoms with Crippen molar-refractivity contribution in [2.75, 3.05) is 24.1 Å². The Morgan fingerprint density at radius 3 is 2.23 bits per heavy atom. The maximum atomic E-state index is 12.9. The van der Waals surface area contributed by atoms with E-state index in [1.54, 1.807) is 12.1 Å². The van der Waals surface area contributed by atoms with Crippen molar-refractivity contribution in [2.45, 2.75) is 25.5 Å². The predicted molar refractivity (Wildman–Crippen MR) is 159 cm³/mol. The standard InChI is InChI=1S/C33H32N4O3/c34-25-7-13-29(14-8-25)40-30-15-9-26(10-16-30)35-33(39)23-5-11-27(12-6-23)37-22-24(31-3-1-2-4-32(31)37)21-36-19-17-28(38)18-20-36/h1-16,22,28,38H,17-21,34H2,(H,35,39). The number of fused-ring (bicyclic) bond motifs is 1. The van der Waals surface area contributed by atoms with Crippen LogP contribution in [0.3, 0.4) is 0 Å². The number of nitrogens with one attached hydrogen (secondary N) is 1. The average Bonchev–Trinajstić information content (AvgIpc) is 3.35. The van der Waals surface area contributed by atoms with Gasteiger partial charge in [-0.15, -0.1) is 0 Å². The minimum absolute atomic E-state index is 0.177. The zero-order valence-electron chi connectivity index (χ0n) is 22.2. The van der Waals surface area contributed by atoms with Gasteiger partial charge in [0.2, 0.25) is 0 Å². The summed E-state index contributed by atoms with van der Waals surface area (Å²) in [5, 5.41) is 14.0. The van der Waals surface area contributed by atoms with Crippen LogP contribution in [0.5, 0.6) is 11.5 Å². The highest BCUT2D eigenvalue weighted by Crippen LogP contribution is 2.28. The molecule has 202 valence electrons. The fraction of sp³-hybridized carbons (Fsp3) is 0.182. The number of nitrogens with zero attached hydrogens (tertiary/aromatic N) is 2. The molecule has 7 nitrogen and oxygen atoms in total. The Morgan fingerprint density at radius 2 is 1.52 bits per heavy atom. The van der Waals surface area contributed by atoms with Crippen LogP contribution in [0.25, 0.3) is 16.6 Å². The van der Waals surface area contributed by atoms with Crippen molar-refractivity contribution in [3.05, 3.63) is 114 Å². The molecule has 4 N–H and O–H groups in total. The van der Waals surface area contributed by atoms with Crippen LogP contribution in [0.15, 0.2) is 103 Å². The molecule has 4 aromatic carbocycles. The van der Waals surface area contributed by atoms with Gasteiger partial charge in [-0.3, -0.25) is 9.69 Å². The largest absolute Gasteiger partial charge is 0.457 e. The zero-order chi connectivity index (χ0) is 27.5. The quantitative estimate of drug-likeness (QED) is 0.217. The highest BCUT2D eigenvalue weighted by Gasteiger charge is 2.19. The summed E-state index contributed by atoms with van der Waals surface area (Å²) in [5.41, 5.74) is 11.1. The number of carbonyl (C=O) groups is 1. The SMILES string of the molecule is Nc1ccc(Oc2ccc(NC(=O)c3ccc(-n4cc(CN5CCC(O)CC5)c5ccccc54)cc3)cc2)cc1. The minimum Gasteiger partial charge on any atom is -0.457 e. The van der Waals surface area contributed by atoms with Crippen molar-refractivity contribution in [1.82, 2.24) is 9.47 Å². The second kappa shape index (κ2) is 11.3. The number of benzene rings is 4. The predicted octanol–water partition coefficient (Wildman–Crippen LogP) is 6.21. The van der Waals surface area contributed by atoms with Crippen molar-refractivity contribution < 1.29 is 14.6 Å². The van der Waals surface area contributed by atoms with E-state index in [1.807, 2.05) is 66.7 Å². The van der Waals surface area contributed by atoms with E-state index in [-0.39, 0.29) is 12.0 Å². The van der Waals surface area contributed by atoms with Crippen molar-refractivity contribution >= 4 is 28.2 Å². The molecule has 0 atom stereocenters. The molecular weight excluding hydrogens is 500 g/mol. The molecule has 1 aromatic heterocycles. The van der Waals surface area contributed by atoms with Gasteiger partial charge in [-0.1, -0.05) is 18.2 Å². The molecule has 1 fully saturated rings. The van der Waals surface area contributed by atoms with Crippen LogP contribution in [-0.4, -0.2) is 39.7 Å². The Bertz CT molecular complexity index is 1600. The third kappa shape index (κ3) is 5.71. The number of hydrogen-bond donors (Lipinski definition) is 3. The lowest BCUT2D eigenvalue weighted by molar-refractivity contribution is 0.0794. The smallest absolute Gasteiger partial charge is 0.255 e. The molecule has 0 bridgehead atoms. The summed E-state index contributed by atoms with van der Waals surface area (Å²) >= 11 is 0. The normalized spacial score (nSPS) is 14.3. The maximum absolute atomic E-state index is 12.9. The maximum Gasteiger partial charge on any atom is 0.255 e. The Kier molecular flexibility index (Phi) is 7.23. The van der Waals surface area contributed by atoms with E-state index in [1.165, 1.54) is 10.9 Å². The number of piperidine rings is 1. The van der Waals surface area contributed by atoms with Gasteiger partial charge in [-0.05, 0) is 97.3 Å². The summed E-state index contributed by atoms with van der Waals surface area (Å²) in [7, 11) is 0. The van der Waals surface area contributed by atoms with Gasteiger partial charge < -0.3 is 25.5 Å². The molecule has 40 heavy (non-hydrogen) atoms. The number of nitrogens with two attached hydrogens (primary N) is 1. The van der Waals surface area contributed by atoms with E-state index in [4.69, 9.17) is 10.5 Å². The number of aliphatic hydroxyl groups excluding tert-OH is 1. The van der Waals surface area contributed by atoms with Gasteiger partial charge in [0.05, 0.1) is 11.6 Å². The highest BCUT2D eigenvalue weighted by atomic mass is 16.5. The van der Waals surface area contributed by atoms with Crippen LogP contribution in [0.1, 0.15) is 28.8 Å². The first-order valence-corrected chi connectivity index (χ1v) is 13.6. The fourth-order valence-corrected chi connectivity index (χ4v) is 5.16. The average molecular weight is 533 g/mol. The number of carbonyl (C=O) groups excluding carboxylic acids is 1. The fourth-order valence-electron chi connectivity index (χ4n) is 5.16. The van der Waals surface area contributed by atoms with E-state index in [9.17, 15) is 9.90 Å². The third-order valence-corrected chi connectivity index (χ3v) is 7.38. The van der Waals surface area contributed by atoms with E-state index in [2.05, 4.69) is 39.2 Å².